The van der Waals surface area contributed by atoms with Crippen molar-refractivity contribution < 1.29 is 14.3 Å². The lowest BCUT2D eigenvalue weighted by atomic mass is 9.85. The van der Waals surface area contributed by atoms with Gasteiger partial charge in [-0.05, 0) is 31.4 Å². The Kier molecular flexibility index (Phi) is 6.38. The number of halogens is 1. The molecule has 0 spiro atoms. The van der Waals surface area contributed by atoms with Gasteiger partial charge < -0.3 is 26.8 Å². The molecule has 1 aliphatic rings. The van der Waals surface area contributed by atoms with E-state index in [1.54, 1.807) is 12.3 Å². The molecular formula is C21H24FN9O2. The molecule has 0 radical (unpaired) electrons. The van der Waals surface area contributed by atoms with Crippen molar-refractivity contribution in [1.29, 1.82) is 0 Å². The van der Waals surface area contributed by atoms with Gasteiger partial charge in [0.25, 0.3) is 5.91 Å². The quantitative estimate of drug-likeness (QED) is 0.422. The Labute approximate surface area is 189 Å². The second kappa shape index (κ2) is 9.38. The number of hydrogen-bond donors (Lipinski definition) is 4. The van der Waals surface area contributed by atoms with Crippen LogP contribution in [0.5, 0.6) is 0 Å². The molecule has 6 N–H and O–H groups in total. The van der Waals surface area contributed by atoms with Crippen molar-refractivity contribution in [1.82, 2.24) is 24.9 Å². The van der Waals surface area contributed by atoms with Gasteiger partial charge in [0.1, 0.15) is 17.7 Å². The highest BCUT2D eigenvalue weighted by Crippen LogP contribution is 2.31. The number of nitrogens with two attached hydrogens (primary N) is 2. The van der Waals surface area contributed by atoms with Crippen LogP contribution in [0.3, 0.4) is 0 Å². The second-order valence-electron chi connectivity index (χ2n) is 7.86. The second-order valence-corrected chi connectivity index (χ2v) is 7.86. The van der Waals surface area contributed by atoms with Crippen molar-refractivity contribution >= 4 is 23.2 Å². The first kappa shape index (κ1) is 22.4. The fourth-order valence-electron chi connectivity index (χ4n) is 3.76. The molecule has 3 aromatic heterocycles. The SMILES string of the molecule is Nc1ncc(-c2ncncc2F)nc1C(=O)Nc1ncccc1N1CCC(N)(CCO)CC1. The molecule has 3 aromatic rings. The molecule has 0 saturated carbocycles. The summed E-state index contributed by atoms with van der Waals surface area (Å²) in [4.78, 5) is 35.0. The molecule has 0 atom stereocenters. The van der Waals surface area contributed by atoms with Crippen molar-refractivity contribution in [3.05, 3.63) is 48.6 Å². The third-order valence-corrected chi connectivity index (χ3v) is 5.65. The highest BCUT2D eigenvalue weighted by Gasteiger charge is 2.31. The summed E-state index contributed by atoms with van der Waals surface area (Å²) in [7, 11) is 0. The lowest BCUT2D eigenvalue weighted by Gasteiger charge is -2.40. The number of piperidine rings is 1. The average Bonchev–Trinajstić information content (AvgIpc) is 2.81. The number of anilines is 3. The van der Waals surface area contributed by atoms with Crippen molar-refractivity contribution in [3.8, 4) is 11.4 Å². The Morgan fingerprint density at radius 2 is 2.03 bits per heavy atom. The molecule has 1 amide bonds. The van der Waals surface area contributed by atoms with Crippen molar-refractivity contribution in [2.75, 3.05) is 35.6 Å². The van der Waals surface area contributed by atoms with Gasteiger partial charge in [0.05, 0.1) is 18.1 Å². The third kappa shape index (κ3) is 4.86. The van der Waals surface area contributed by atoms with Gasteiger partial charge in [-0.3, -0.25) is 4.79 Å². The van der Waals surface area contributed by atoms with Gasteiger partial charge in [-0.15, -0.1) is 0 Å². The fourth-order valence-corrected chi connectivity index (χ4v) is 3.76. The summed E-state index contributed by atoms with van der Waals surface area (Å²) >= 11 is 0. The summed E-state index contributed by atoms with van der Waals surface area (Å²) in [6, 6.07) is 3.62. The van der Waals surface area contributed by atoms with Crippen LogP contribution in [0.1, 0.15) is 29.8 Å². The van der Waals surface area contributed by atoms with Gasteiger partial charge in [-0.2, -0.15) is 0 Å². The fraction of sp³-hybridized carbons (Fsp3) is 0.333. The zero-order valence-corrected chi connectivity index (χ0v) is 17.8. The summed E-state index contributed by atoms with van der Waals surface area (Å²) in [5.74, 6) is -1.12. The first-order chi connectivity index (χ1) is 15.9. The smallest absolute Gasteiger partial charge is 0.279 e. The van der Waals surface area contributed by atoms with Crippen LogP contribution in [0.15, 0.2) is 37.1 Å². The summed E-state index contributed by atoms with van der Waals surface area (Å²) in [5, 5.41) is 12.0. The van der Waals surface area contributed by atoms with Crippen LogP contribution >= 0.6 is 0 Å². The van der Waals surface area contributed by atoms with Crippen LogP contribution in [-0.2, 0) is 0 Å². The normalized spacial score (nSPS) is 15.3. The molecule has 33 heavy (non-hydrogen) atoms. The van der Waals surface area contributed by atoms with E-state index in [0.29, 0.717) is 38.2 Å². The molecule has 12 heteroatoms. The van der Waals surface area contributed by atoms with Crippen LogP contribution in [0.2, 0.25) is 0 Å². The van der Waals surface area contributed by atoms with Gasteiger partial charge in [0.2, 0.25) is 0 Å². The number of aliphatic hydroxyl groups excluding tert-OH is 1. The molecule has 0 aromatic carbocycles. The molecule has 0 aliphatic carbocycles. The van der Waals surface area contributed by atoms with Crippen LogP contribution in [0.4, 0.5) is 21.7 Å². The molecule has 1 saturated heterocycles. The molecule has 172 valence electrons. The number of hydrogen-bond acceptors (Lipinski definition) is 10. The first-order valence-electron chi connectivity index (χ1n) is 10.4. The van der Waals surface area contributed by atoms with Crippen molar-refractivity contribution in [2.24, 2.45) is 5.73 Å². The van der Waals surface area contributed by atoms with Gasteiger partial charge in [0, 0.05) is 31.4 Å². The number of carbonyl (C=O) groups is 1. The molecule has 0 bridgehead atoms. The number of nitrogens with one attached hydrogen (secondary N) is 1. The highest BCUT2D eigenvalue weighted by molar-refractivity contribution is 6.06. The predicted octanol–water partition coefficient (Wildman–Crippen LogP) is 0.982. The molecule has 0 unspecified atom stereocenters. The molecule has 11 nitrogen and oxygen atoms in total. The van der Waals surface area contributed by atoms with Gasteiger partial charge >= 0.3 is 0 Å². The van der Waals surface area contributed by atoms with E-state index < -0.39 is 17.3 Å². The van der Waals surface area contributed by atoms with E-state index in [4.69, 9.17) is 11.5 Å². The van der Waals surface area contributed by atoms with E-state index in [1.165, 1.54) is 12.5 Å². The Balaban J connectivity index is 1.56. The maximum absolute atomic E-state index is 14.1. The number of nitrogens with zero attached hydrogens (tertiary/aromatic N) is 6. The molecule has 1 fully saturated rings. The molecule has 1 aliphatic heterocycles. The highest BCUT2D eigenvalue weighted by atomic mass is 19.1. The van der Waals surface area contributed by atoms with Gasteiger partial charge in [-0.25, -0.2) is 29.3 Å². The zero-order valence-electron chi connectivity index (χ0n) is 17.8. The maximum atomic E-state index is 14.1. The van der Waals surface area contributed by atoms with Crippen molar-refractivity contribution in [2.45, 2.75) is 24.8 Å². The van der Waals surface area contributed by atoms with Crippen LogP contribution in [-0.4, -0.2) is 61.2 Å². The Morgan fingerprint density at radius 3 is 2.76 bits per heavy atom. The minimum Gasteiger partial charge on any atom is -0.396 e. The average molecular weight is 453 g/mol. The standard InChI is InChI=1S/C21H24FN9O2/c22-13-10-25-12-28-16(13)14-11-27-18(23)17(29-14)20(33)30-19-15(2-1-6-26-19)31-7-3-21(24,4-8-31)5-9-32/h1-2,6,10-12,32H,3-5,7-9,24H2,(H2,23,27)(H,26,30,33). The zero-order chi connectivity index (χ0) is 23.4. The number of rotatable bonds is 6. The number of amides is 1. The number of aliphatic hydroxyl groups is 1. The summed E-state index contributed by atoms with van der Waals surface area (Å²) in [6.07, 6.45) is 6.90. The maximum Gasteiger partial charge on any atom is 0.279 e. The minimum absolute atomic E-state index is 0.0468. The molecular weight excluding hydrogens is 429 g/mol. The molecule has 4 rings (SSSR count). The van der Waals surface area contributed by atoms with E-state index in [-0.39, 0.29) is 29.5 Å². The predicted molar refractivity (Wildman–Crippen MR) is 120 cm³/mol. The Hall–Kier alpha value is -3.77. The van der Waals surface area contributed by atoms with Gasteiger partial charge in [-0.1, -0.05) is 0 Å². The van der Waals surface area contributed by atoms with E-state index >= 15 is 0 Å². The topological polar surface area (TPSA) is 169 Å². The number of nitrogen functional groups attached to an aromatic ring is 1. The van der Waals surface area contributed by atoms with E-state index in [2.05, 4.69) is 35.1 Å². The number of carbonyl (C=O) groups excluding carboxylic acids is 1. The van der Waals surface area contributed by atoms with Crippen LogP contribution in [0.25, 0.3) is 11.4 Å². The Morgan fingerprint density at radius 1 is 1.24 bits per heavy atom. The van der Waals surface area contributed by atoms with Crippen LogP contribution < -0.4 is 21.7 Å². The van der Waals surface area contributed by atoms with E-state index in [0.717, 1.165) is 11.9 Å². The van der Waals surface area contributed by atoms with Crippen LogP contribution in [0, 0.1) is 5.82 Å². The first-order valence-corrected chi connectivity index (χ1v) is 10.4. The third-order valence-electron chi connectivity index (χ3n) is 5.65. The summed E-state index contributed by atoms with van der Waals surface area (Å²) < 4.78 is 14.1. The number of aromatic nitrogens is 5. The Bertz CT molecular complexity index is 1150. The lowest BCUT2D eigenvalue weighted by molar-refractivity contribution is 0.102. The number of pyridine rings is 1. The van der Waals surface area contributed by atoms with Gasteiger partial charge in [0.15, 0.2) is 23.1 Å². The minimum atomic E-state index is -0.697. The van der Waals surface area contributed by atoms with Crippen molar-refractivity contribution in [3.63, 3.8) is 0 Å². The summed E-state index contributed by atoms with van der Waals surface area (Å²) in [5.41, 5.74) is 12.3. The van der Waals surface area contributed by atoms with E-state index in [1.807, 2.05) is 6.07 Å². The molecule has 4 heterocycles. The monoisotopic (exact) mass is 453 g/mol. The summed E-state index contributed by atoms with van der Waals surface area (Å²) in [6.45, 7) is 1.34. The largest absolute Gasteiger partial charge is 0.396 e. The lowest BCUT2D eigenvalue weighted by Crippen LogP contribution is -2.51. The van der Waals surface area contributed by atoms with E-state index in [9.17, 15) is 14.3 Å².